The highest BCUT2D eigenvalue weighted by Gasteiger charge is 1.97. The predicted molar refractivity (Wildman–Crippen MR) is 25.3 cm³/mol. The molecular weight excluding hydrogens is 78.0 g/mol. The molecule has 0 aliphatic carbocycles. The second-order valence-corrected chi connectivity index (χ2v) is 1.60. The Balaban J connectivity index is 2.99. The van der Waals surface area contributed by atoms with Crippen molar-refractivity contribution in [3.8, 4) is 0 Å². The van der Waals surface area contributed by atoms with Gasteiger partial charge in [0.25, 0.3) is 0 Å². The van der Waals surface area contributed by atoms with Crippen LogP contribution in [0.25, 0.3) is 0 Å². The van der Waals surface area contributed by atoms with Crippen LogP contribution in [0.4, 0.5) is 0 Å². The Morgan fingerprint density at radius 2 is 1.67 bits per heavy atom. The van der Waals surface area contributed by atoms with Gasteiger partial charge < -0.3 is 10.8 Å². The maximum Gasteiger partial charge on any atom is 0.0660 e. The van der Waals surface area contributed by atoms with Gasteiger partial charge in [-0.3, -0.25) is 0 Å². The molecule has 0 saturated heterocycles. The first-order valence-electron chi connectivity index (χ1n) is 2.08. The molecule has 0 rings (SSSR count). The van der Waals surface area contributed by atoms with Crippen molar-refractivity contribution in [2.75, 3.05) is 0 Å². The zero-order chi connectivity index (χ0) is 5.15. The van der Waals surface area contributed by atoms with E-state index >= 15 is 0 Å². The molecule has 0 aliphatic heterocycles. The summed E-state index contributed by atoms with van der Waals surface area (Å²) >= 11 is 0. The van der Waals surface area contributed by atoms with E-state index in [1.54, 1.807) is 13.8 Å². The largest absolute Gasteiger partial charge is 0.392 e. The standard InChI is InChI=1S/C4H11NO/c1-3(5)4(2)6/h3-4,6H,5H2,1-2H3. The van der Waals surface area contributed by atoms with Crippen LogP contribution >= 0.6 is 0 Å². The summed E-state index contributed by atoms with van der Waals surface area (Å²) in [6, 6.07) is -0.0926. The van der Waals surface area contributed by atoms with Crippen molar-refractivity contribution in [2.24, 2.45) is 5.73 Å². The van der Waals surface area contributed by atoms with Crippen molar-refractivity contribution in [3.63, 3.8) is 0 Å². The Morgan fingerprint density at radius 3 is 1.67 bits per heavy atom. The summed E-state index contributed by atoms with van der Waals surface area (Å²) in [5.74, 6) is 0. The van der Waals surface area contributed by atoms with Crippen LogP contribution in [0.5, 0.6) is 0 Å². The highest BCUT2D eigenvalue weighted by molar-refractivity contribution is 4.57. The van der Waals surface area contributed by atoms with Gasteiger partial charge in [-0.1, -0.05) is 0 Å². The van der Waals surface area contributed by atoms with E-state index in [1.165, 1.54) is 0 Å². The molecule has 0 radical (unpaired) electrons. The Hall–Kier alpha value is -0.0800. The van der Waals surface area contributed by atoms with Gasteiger partial charge >= 0.3 is 0 Å². The summed E-state index contributed by atoms with van der Waals surface area (Å²) in [5.41, 5.74) is 5.19. The lowest BCUT2D eigenvalue weighted by Gasteiger charge is -2.04. The van der Waals surface area contributed by atoms with Gasteiger partial charge in [0.2, 0.25) is 0 Å². The van der Waals surface area contributed by atoms with Crippen LogP contribution in [0, 0.1) is 0 Å². The molecule has 0 amide bonds. The molecule has 0 aromatic heterocycles. The molecule has 0 aromatic rings. The van der Waals surface area contributed by atoms with Crippen molar-refractivity contribution >= 4 is 0 Å². The van der Waals surface area contributed by atoms with Crippen LogP contribution in [-0.4, -0.2) is 17.3 Å². The lowest BCUT2D eigenvalue weighted by Crippen LogP contribution is -2.28. The van der Waals surface area contributed by atoms with Crippen molar-refractivity contribution in [1.82, 2.24) is 0 Å². The number of rotatable bonds is 1. The summed E-state index contributed by atoms with van der Waals surface area (Å²) in [6.07, 6.45) is -0.370. The van der Waals surface area contributed by atoms with E-state index in [-0.39, 0.29) is 12.1 Å². The van der Waals surface area contributed by atoms with Gasteiger partial charge in [0, 0.05) is 6.04 Å². The third kappa shape index (κ3) is 2.18. The van der Waals surface area contributed by atoms with E-state index in [9.17, 15) is 0 Å². The molecular formula is C4H11NO. The second-order valence-electron chi connectivity index (χ2n) is 1.60. The van der Waals surface area contributed by atoms with Crippen LogP contribution in [0.1, 0.15) is 13.8 Å². The van der Waals surface area contributed by atoms with Crippen molar-refractivity contribution in [1.29, 1.82) is 0 Å². The molecule has 3 N–H and O–H groups in total. The molecule has 0 saturated carbocycles. The lowest BCUT2D eigenvalue weighted by atomic mass is 10.2. The minimum Gasteiger partial charge on any atom is -0.392 e. The Labute approximate surface area is 38.0 Å². The SMILES string of the molecule is CC(N)C(C)O. The van der Waals surface area contributed by atoms with Crippen LogP contribution in [-0.2, 0) is 0 Å². The average molecular weight is 89.1 g/mol. The zero-order valence-electron chi connectivity index (χ0n) is 4.18. The zero-order valence-corrected chi connectivity index (χ0v) is 4.18. The number of hydrogen-bond donors (Lipinski definition) is 2. The molecule has 2 nitrogen and oxygen atoms in total. The molecule has 6 heavy (non-hydrogen) atoms. The van der Waals surface area contributed by atoms with Crippen molar-refractivity contribution < 1.29 is 5.11 Å². The molecule has 2 atom stereocenters. The van der Waals surface area contributed by atoms with Gasteiger partial charge in [-0.05, 0) is 13.8 Å². The number of nitrogens with two attached hydrogens (primary N) is 1. The van der Waals surface area contributed by atoms with Gasteiger partial charge in [-0.15, -0.1) is 0 Å². The second kappa shape index (κ2) is 2.16. The van der Waals surface area contributed by atoms with E-state index in [0.717, 1.165) is 0 Å². The molecule has 0 bridgehead atoms. The smallest absolute Gasteiger partial charge is 0.0660 e. The topological polar surface area (TPSA) is 46.2 Å². The average Bonchev–Trinajstić information content (AvgIpc) is 1.36. The summed E-state index contributed by atoms with van der Waals surface area (Å²) in [4.78, 5) is 0. The minimum atomic E-state index is -0.370. The van der Waals surface area contributed by atoms with Gasteiger partial charge in [-0.2, -0.15) is 0 Å². The Kier molecular flexibility index (Phi) is 2.13. The van der Waals surface area contributed by atoms with E-state index in [2.05, 4.69) is 0 Å². The number of aliphatic hydroxyl groups is 1. The molecule has 0 aliphatic rings. The number of aliphatic hydroxyl groups excluding tert-OH is 1. The normalized spacial score (nSPS) is 20.0. The summed E-state index contributed by atoms with van der Waals surface area (Å²) in [5, 5.41) is 8.50. The molecule has 38 valence electrons. The first-order chi connectivity index (χ1) is 2.64. The van der Waals surface area contributed by atoms with Crippen LogP contribution < -0.4 is 5.73 Å². The first-order valence-corrected chi connectivity index (χ1v) is 2.08. The molecule has 0 spiro atoms. The van der Waals surface area contributed by atoms with Crippen LogP contribution in [0.2, 0.25) is 0 Å². The maximum atomic E-state index is 8.50. The highest BCUT2D eigenvalue weighted by atomic mass is 16.3. The lowest BCUT2D eigenvalue weighted by molar-refractivity contribution is 0.170. The van der Waals surface area contributed by atoms with E-state index in [0.29, 0.717) is 0 Å². The first kappa shape index (κ1) is 5.92. The van der Waals surface area contributed by atoms with Gasteiger partial charge in [0.1, 0.15) is 0 Å². The van der Waals surface area contributed by atoms with E-state index in [4.69, 9.17) is 10.8 Å². The fraction of sp³-hybridized carbons (Fsp3) is 1.00. The third-order valence-electron chi connectivity index (χ3n) is 0.761. The van der Waals surface area contributed by atoms with Gasteiger partial charge in [0.05, 0.1) is 6.10 Å². The molecule has 2 unspecified atom stereocenters. The van der Waals surface area contributed by atoms with E-state index in [1.807, 2.05) is 0 Å². The summed E-state index contributed by atoms with van der Waals surface area (Å²) in [6.45, 7) is 3.44. The van der Waals surface area contributed by atoms with Crippen molar-refractivity contribution in [3.05, 3.63) is 0 Å². The van der Waals surface area contributed by atoms with Gasteiger partial charge in [-0.25, -0.2) is 0 Å². The van der Waals surface area contributed by atoms with Crippen molar-refractivity contribution in [2.45, 2.75) is 26.0 Å². The quantitative estimate of drug-likeness (QED) is 0.464. The monoisotopic (exact) mass is 89.1 g/mol. The Morgan fingerprint density at radius 1 is 1.50 bits per heavy atom. The fourth-order valence-electron chi connectivity index (χ4n) is 0. The molecule has 0 heterocycles. The highest BCUT2D eigenvalue weighted by Crippen LogP contribution is 1.81. The van der Waals surface area contributed by atoms with Crippen LogP contribution in [0.15, 0.2) is 0 Å². The summed E-state index contributed by atoms with van der Waals surface area (Å²) in [7, 11) is 0. The Bertz CT molecular complexity index is 28.5. The van der Waals surface area contributed by atoms with E-state index < -0.39 is 0 Å². The van der Waals surface area contributed by atoms with Gasteiger partial charge in [0.15, 0.2) is 0 Å². The summed E-state index contributed by atoms with van der Waals surface area (Å²) < 4.78 is 0. The van der Waals surface area contributed by atoms with Crippen LogP contribution in [0.3, 0.4) is 0 Å². The minimum absolute atomic E-state index is 0.0926. The predicted octanol–water partition coefficient (Wildman–Crippen LogP) is -0.286. The fourth-order valence-corrected chi connectivity index (χ4v) is 0. The molecule has 2 heteroatoms. The third-order valence-corrected chi connectivity index (χ3v) is 0.761. The molecule has 0 aromatic carbocycles. The molecule has 0 fully saturated rings. The number of hydrogen-bond acceptors (Lipinski definition) is 2. The maximum absolute atomic E-state index is 8.50.